The van der Waals surface area contributed by atoms with Crippen LogP contribution in [0.3, 0.4) is 0 Å². The minimum Gasteiger partial charge on any atom is -0.378 e. The van der Waals surface area contributed by atoms with Crippen LogP contribution >= 0.6 is 0 Å². The van der Waals surface area contributed by atoms with E-state index in [0.29, 0.717) is 5.56 Å². The molecule has 0 radical (unpaired) electrons. The topological polar surface area (TPSA) is 37.3 Å². The molecule has 0 amide bonds. The third kappa shape index (κ3) is 1.95. The van der Waals surface area contributed by atoms with Crippen LogP contribution in [0.1, 0.15) is 25.0 Å². The van der Waals surface area contributed by atoms with E-state index in [1.165, 1.54) is 13.8 Å². The first-order valence-electron chi connectivity index (χ1n) is 4.25. The van der Waals surface area contributed by atoms with Gasteiger partial charge in [0.1, 0.15) is 5.60 Å². The van der Waals surface area contributed by atoms with Crippen molar-refractivity contribution in [3.63, 3.8) is 0 Å². The molecule has 1 aromatic carbocycles. The third-order valence-corrected chi connectivity index (χ3v) is 2.30. The van der Waals surface area contributed by atoms with Crippen molar-refractivity contribution >= 4 is 5.78 Å². The summed E-state index contributed by atoms with van der Waals surface area (Å²) in [6.45, 7) is 4.87. The first-order valence-corrected chi connectivity index (χ1v) is 4.25. The van der Waals surface area contributed by atoms with Crippen molar-refractivity contribution in [2.24, 2.45) is 0 Å². The lowest BCUT2D eigenvalue weighted by Gasteiger charge is -2.20. The first-order chi connectivity index (χ1) is 5.94. The summed E-state index contributed by atoms with van der Waals surface area (Å²) >= 11 is 0. The highest BCUT2D eigenvalue weighted by Crippen LogP contribution is 2.21. The van der Waals surface area contributed by atoms with Crippen LogP contribution in [0.5, 0.6) is 0 Å². The second-order valence-corrected chi connectivity index (χ2v) is 3.49. The number of ketones is 1. The average molecular weight is 178 g/mol. The van der Waals surface area contributed by atoms with E-state index in [1.54, 1.807) is 12.1 Å². The van der Waals surface area contributed by atoms with Crippen LogP contribution in [-0.2, 0) is 10.4 Å². The highest BCUT2D eigenvalue weighted by molar-refractivity contribution is 5.85. The highest BCUT2D eigenvalue weighted by atomic mass is 16.3. The highest BCUT2D eigenvalue weighted by Gasteiger charge is 2.28. The van der Waals surface area contributed by atoms with E-state index in [0.717, 1.165) is 5.56 Å². The van der Waals surface area contributed by atoms with E-state index in [9.17, 15) is 9.90 Å². The largest absolute Gasteiger partial charge is 0.378 e. The molecule has 0 saturated heterocycles. The summed E-state index contributed by atoms with van der Waals surface area (Å²) in [6, 6.07) is 7.31. The van der Waals surface area contributed by atoms with Crippen molar-refractivity contribution in [2.45, 2.75) is 26.4 Å². The van der Waals surface area contributed by atoms with E-state index in [4.69, 9.17) is 0 Å². The molecule has 0 heterocycles. The molecule has 13 heavy (non-hydrogen) atoms. The number of carbonyl (C=O) groups excluding carboxylic acids is 1. The van der Waals surface area contributed by atoms with E-state index in [1.807, 2.05) is 19.1 Å². The lowest BCUT2D eigenvalue weighted by molar-refractivity contribution is -0.134. The summed E-state index contributed by atoms with van der Waals surface area (Å²) in [6.07, 6.45) is 0. The lowest BCUT2D eigenvalue weighted by Crippen LogP contribution is -2.29. The Labute approximate surface area is 78.2 Å². The Morgan fingerprint density at radius 2 is 1.77 bits per heavy atom. The predicted molar refractivity (Wildman–Crippen MR) is 51.4 cm³/mol. The molecule has 1 N–H and O–H groups in total. The molecule has 2 nitrogen and oxygen atoms in total. The van der Waals surface area contributed by atoms with Gasteiger partial charge in [0.15, 0.2) is 5.78 Å². The molecule has 0 fully saturated rings. The van der Waals surface area contributed by atoms with Crippen LogP contribution in [0, 0.1) is 6.92 Å². The van der Waals surface area contributed by atoms with Crippen LogP contribution < -0.4 is 0 Å². The van der Waals surface area contributed by atoms with Gasteiger partial charge in [-0.2, -0.15) is 0 Å². The molecule has 1 aromatic rings. The Morgan fingerprint density at radius 1 is 1.31 bits per heavy atom. The van der Waals surface area contributed by atoms with Gasteiger partial charge >= 0.3 is 0 Å². The smallest absolute Gasteiger partial charge is 0.165 e. The summed E-state index contributed by atoms with van der Waals surface area (Å²) in [5, 5.41) is 9.80. The number of rotatable bonds is 2. The van der Waals surface area contributed by atoms with Crippen molar-refractivity contribution in [1.29, 1.82) is 0 Å². The van der Waals surface area contributed by atoms with Crippen molar-refractivity contribution < 1.29 is 9.90 Å². The molecule has 0 aliphatic rings. The molecule has 0 spiro atoms. The number of hydrogen-bond acceptors (Lipinski definition) is 2. The van der Waals surface area contributed by atoms with E-state index >= 15 is 0 Å². The first kappa shape index (κ1) is 9.93. The van der Waals surface area contributed by atoms with Crippen molar-refractivity contribution in [3.05, 3.63) is 35.4 Å². The minimum absolute atomic E-state index is 0.239. The van der Waals surface area contributed by atoms with Crippen molar-refractivity contribution in [1.82, 2.24) is 0 Å². The standard InChI is InChI=1S/C11H14O2/c1-8-4-6-10(7-5-8)11(3,13)9(2)12/h4-7,13H,1-3H3. The maximum absolute atomic E-state index is 11.1. The minimum atomic E-state index is -1.35. The van der Waals surface area contributed by atoms with Gasteiger partial charge < -0.3 is 5.11 Å². The van der Waals surface area contributed by atoms with Gasteiger partial charge in [0.05, 0.1) is 0 Å². The fourth-order valence-corrected chi connectivity index (χ4v) is 1.08. The van der Waals surface area contributed by atoms with Crippen LogP contribution in [0.15, 0.2) is 24.3 Å². The molecule has 0 bridgehead atoms. The number of Topliss-reactive ketones (excluding diaryl/α,β-unsaturated/α-hetero) is 1. The normalized spacial score (nSPS) is 15.1. The predicted octanol–water partition coefficient (Wildman–Crippen LogP) is 1.79. The van der Waals surface area contributed by atoms with Gasteiger partial charge in [-0.15, -0.1) is 0 Å². The summed E-state index contributed by atoms with van der Waals surface area (Å²) in [7, 11) is 0. The Kier molecular flexibility index (Phi) is 2.52. The fourth-order valence-electron chi connectivity index (χ4n) is 1.08. The molecular weight excluding hydrogens is 164 g/mol. The summed E-state index contributed by atoms with van der Waals surface area (Å²) in [5.74, 6) is -0.239. The fraction of sp³-hybridized carbons (Fsp3) is 0.364. The maximum Gasteiger partial charge on any atom is 0.165 e. The molecule has 0 aliphatic heterocycles. The van der Waals surface area contributed by atoms with Gasteiger partial charge in [-0.05, 0) is 26.3 Å². The molecule has 1 atom stereocenters. The maximum atomic E-state index is 11.1. The van der Waals surface area contributed by atoms with E-state index < -0.39 is 5.60 Å². The second-order valence-electron chi connectivity index (χ2n) is 3.49. The van der Waals surface area contributed by atoms with Gasteiger partial charge in [-0.1, -0.05) is 29.8 Å². The Morgan fingerprint density at radius 3 is 2.15 bits per heavy atom. The molecule has 0 aliphatic carbocycles. The molecule has 1 unspecified atom stereocenters. The third-order valence-electron chi connectivity index (χ3n) is 2.30. The zero-order valence-electron chi connectivity index (χ0n) is 8.16. The molecule has 1 rings (SSSR count). The van der Waals surface area contributed by atoms with Crippen LogP contribution in [0.4, 0.5) is 0 Å². The van der Waals surface area contributed by atoms with Crippen LogP contribution in [-0.4, -0.2) is 10.9 Å². The molecular formula is C11H14O2. The Hall–Kier alpha value is -1.15. The van der Waals surface area contributed by atoms with E-state index in [2.05, 4.69) is 0 Å². The molecule has 70 valence electrons. The Balaban J connectivity index is 3.08. The number of carbonyl (C=O) groups is 1. The van der Waals surface area contributed by atoms with Gasteiger partial charge in [0.2, 0.25) is 0 Å². The molecule has 0 saturated carbocycles. The van der Waals surface area contributed by atoms with Crippen LogP contribution in [0.2, 0.25) is 0 Å². The van der Waals surface area contributed by atoms with Crippen LogP contribution in [0.25, 0.3) is 0 Å². The second kappa shape index (κ2) is 3.30. The zero-order valence-corrected chi connectivity index (χ0v) is 8.16. The number of aliphatic hydroxyl groups is 1. The van der Waals surface area contributed by atoms with E-state index in [-0.39, 0.29) is 5.78 Å². The lowest BCUT2D eigenvalue weighted by atomic mass is 9.92. The monoisotopic (exact) mass is 178 g/mol. The summed E-state index contributed by atoms with van der Waals surface area (Å²) in [5.41, 5.74) is 0.405. The van der Waals surface area contributed by atoms with Crippen molar-refractivity contribution in [3.8, 4) is 0 Å². The molecule has 0 aromatic heterocycles. The summed E-state index contributed by atoms with van der Waals surface area (Å²) in [4.78, 5) is 11.1. The van der Waals surface area contributed by atoms with Gasteiger partial charge in [-0.25, -0.2) is 0 Å². The summed E-state index contributed by atoms with van der Waals surface area (Å²) < 4.78 is 0. The van der Waals surface area contributed by atoms with Gasteiger partial charge in [0, 0.05) is 0 Å². The number of benzene rings is 1. The quantitative estimate of drug-likeness (QED) is 0.749. The zero-order chi connectivity index (χ0) is 10.1. The average Bonchev–Trinajstić information content (AvgIpc) is 2.04. The van der Waals surface area contributed by atoms with Gasteiger partial charge in [-0.3, -0.25) is 4.79 Å². The number of aryl methyl sites for hydroxylation is 1. The van der Waals surface area contributed by atoms with Crippen molar-refractivity contribution in [2.75, 3.05) is 0 Å². The SMILES string of the molecule is CC(=O)C(C)(O)c1ccc(C)cc1. The van der Waals surface area contributed by atoms with Gasteiger partial charge in [0.25, 0.3) is 0 Å². The Bertz CT molecular complexity index is 309. The number of hydrogen-bond donors (Lipinski definition) is 1. The molecule has 2 heteroatoms.